The molecule has 0 bridgehead atoms. The number of nitrogens with one attached hydrogen (secondary N) is 1. The molecule has 2 aromatic carbocycles. The molecule has 1 N–H and O–H groups in total. The number of aliphatic imine (C=N–C) groups is 1. The Balaban J connectivity index is 0.00000261. The fourth-order valence-electron chi connectivity index (χ4n) is 2.78. The van der Waals surface area contributed by atoms with Gasteiger partial charge < -0.3 is 10.2 Å². The zero-order chi connectivity index (χ0) is 18.4. The average molecular weight is 479 g/mol. The van der Waals surface area contributed by atoms with E-state index in [-0.39, 0.29) is 29.8 Å². The predicted octanol–water partition coefficient (Wildman–Crippen LogP) is 3.84. The maximum absolute atomic E-state index is 13.4. The molecule has 0 aliphatic heterocycles. The molecule has 1 aromatic heterocycles. The third-order valence-corrected chi connectivity index (χ3v) is 4.01. The number of hydrogen-bond acceptors (Lipinski definition) is 2. The van der Waals surface area contributed by atoms with E-state index in [2.05, 4.69) is 27.5 Å². The second-order valence-electron chi connectivity index (χ2n) is 6.01. The molecule has 3 rings (SSSR count). The Hall–Kier alpha value is -2.42. The van der Waals surface area contributed by atoms with Crippen LogP contribution in [0.1, 0.15) is 11.1 Å². The molecule has 7 heteroatoms. The van der Waals surface area contributed by atoms with Crippen molar-refractivity contribution in [2.75, 3.05) is 14.1 Å². The van der Waals surface area contributed by atoms with Crippen molar-refractivity contribution in [3.8, 4) is 5.69 Å². The van der Waals surface area contributed by atoms with E-state index in [4.69, 9.17) is 0 Å². The summed E-state index contributed by atoms with van der Waals surface area (Å²) in [5, 5.41) is 7.60. The van der Waals surface area contributed by atoms with Crippen molar-refractivity contribution in [3.05, 3.63) is 83.9 Å². The van der Waals surface area contributed by atoms with E-state index in [1.54, 1.807) is 19.3 Å². The van der Waals surface area contributed by atoms with E-state index in [1.807, 2.05) is 47.1 Å². The van der Waals surface area contributed by atoms with Crippen LogP contribution in [0.2, 0.25) is 0 Å². The van der Waals surface area contributed by atoms with E-state index in [9.17, 15) is 4.39 Å². The van der Waals surface area contributed by atoms with Crippen LogP contribution in [0.5, 0.6) is 0 Å². The van der Waals surface area contributed by atoms with Gasteiger partial charge in [0.25, 0.3) is 0 Å². The van der Waals surface area contributed by atoms with Crippen LogP contribution < -0.4 is 5.32 Å². The summed E-state index contributed by atoms with van der Waals surface area (Å²) in [6, 6.07) is 16.7. The summed E-state index contributed by atoms with van der Waals surface area (Å²) in [5.74, 6) is 0.521. The second kappa shape index (κ2) is 10.1. The summed E-state index contributed by atoms with van der Waals surface area (Å²) in [6.45, 7) is 1.21. The van der Waals surface area contributed by atoms with Crippen LogP contribution in [-0.4, -0.2) is 34.7 Å². The number of hydrogen-bond donors (Lipinski definition) is 1. The maximum Gasteiger partial charge on any atom is 0.193 e. The highest BCUT2D eigenvalue weighted by atomic mass is 127. The Bertz CT molecular complexity index is 880. The van der Waals surface area contributed by atoms with Crippen LogP contribution in [0.4, 0.5) is 4.39 Å². The smallest absolute Gasteiger partial charge is 0.193 e. The Kier molecular flexibility index (Phi) is 7.78. The van der Waals surface area contributed by atoms with Gasteiger partial charge in [-0.2, -0.15) is 5.10 Å². The molecule has 0 atom stereocenters. The lowest BCUT2D eigenvalue weighted by Gasteiger charge is -2.22. The molecule has 142 valence electrons. The van der Waals surface area contributed by atoms with Gasteiger partial charge in [-0.05, 0) is 41.5 Å². The summed E-state index contributed by atoms with van der Waals surface area (Å²) in [5.41, 5.74) is 3.03. The molecular weight excluding hydrogens is 456 g/mol. The lowest BCUT2D eigenvalue weighted by molar-refractivity contribution is 0.474. The predicted molar refractivity (Wildman–Crippen MR) is 117 cm³/mol. The summed E-state index contributed by atoms with van der Waals surface area (Å²) in [7, 11) is 3.67. The Morgan fingerprint density at radius 2 is 1.93 bits per heavy atom. The molecule has 27 heavy (non-hydrogen) atoms. The number of halogens is 2. The highest BCUT2D eigenvalue weighted by molar-refractivity contribution is 14.0. The van der Waals surface area contributed by atoms with E-state index in [0.717, 1.165) is 22.8 Å². The van der Waals surface area contributed by atoms with Gasteiger partial charge in [-0.3, -0.25) is 4.99 Å². The summed E-state index contributed by atoms with van der Waals surface area (Å²) < 4.78 is 15.2. The zero-order valence-corrected chi connectivity index (χ0v) is 17.7. The molecule has 0 unspecified atom stereocenters. The van der Waals surface area contributed by atoms with Gasteiger partial charge in [0.05, 0.1) is 5.69 Å². The molecule has 0 radical (unpaired) electrons. The number of nitrogens with zero attached hydrogens (tertiary/aromatic N) is 4. The summed E-state index contributed by atoms with van der Waals surface area (Å²) in [4.78, 5) is 6.28. The van der Waals surface area contributed by atoms with Crippen molar-refractivity contribution in [2.45, 2.75) is 13.1 Å². The van der Waals surface area contributed by atoms with Gasteiger partial charge in [-0.25, -0.2) is 9.07 Å². The molecule has 0 aliphatic rings. The molecule has 0 aliphatic carbocycles. The first-order valence-corrected chi connectivity index (χ1v) is 8.41. The quantitative estimate of drug-likeness (QED) is 0.344. The normalized spacial score (nSPS) is 11.0. The molecule has 0 fully saturated rings. The first-order valence-electron chi connectivity index (χ1n) is 8.41. The number of rotatable bonds is 5. The number of guanidine groups is 1. The topological polar surface area (TPSA) is 45.5 Å². The minimum absolute atomic E-state index is 0. The first-order chi connectivity index (χ1) is 12.7. The highest BCUT2D eigenvalue weighted by Gasteiger charge is 2.07. The maximum atomic E-state index is 13.4. The fraction of sp³-hybridized carbons (Fsp3) is 0.200. The van der Waals surface area contributed by atoms with Crippen molar-refractivity contribution in [3.63, 3.8) is 0 Å². The first kappa shape index (κ1) is 20.9. The van der Waals surface area contributed by atoms with Crippen LogP contribution in [0, 0.1) is 5.82 Å². The molecule has 0 saturated heterocycles. The van der Waals surface area contributed by atoms with Crippen molar-refractivity contribution >= 4 is 29.9 Å². The van der Waals surface area contributed by atoms with Gasteiger partial charge in [0.15, 0.2) is 5.96 Å². The van der Waals surface area contributed by atoms with Gasteiger partial charge >= 0.3 is 0 Å². The fourth-order valence-corrected chi connectivity index (χ4v) is 2.78. The largest absolute Gasteiger partial charge is 0.352 e. The van der Waals surface area contributed by atoms with E-state index >= 15 is 0 Å². The Labute approximate surface area is 175 Å². The molecule has 5 nitrogen and oxygen atoms in total. The standard InChI is InChI=1S/C20H22FN5.HI/c1-22-20(25(2)15-17-7-3-8-18(21)12-17)23-14-16-6-4-9-19(13-16)26-11-5-10-24-26;/h3-13H,14-15H2,1-2H3,(H,22,23);1H. The van der Waals surface area contributed by atoms with Crippen molar-refractivity contribution in [2.24, 2.45) is 4.99 Å². The Morgan fingerprint density at radius 1 is 1.15 bits per heavy atom. The molecular formula is C20H23FIN5. The van der Waals surface area contributed by atoms with Crippen LogP contribution in [0.3, 0.4) is 0 Å². The average Bonchev–Trinajstić information content (AvgIpc) is 3.17. The second-order valence-corrected chi connectivity index (χ2v) is 6.01. The van der Waals surface area contributed by atoms with Crippen molar-refractivity contribution < 1.29 is 4.39 Å². The van der Waals surface area contributed by atoms with Gasteiger partial charge in [0, 0.05) is 39.6 Å². The number of aromatic nitrogens is 2. The van der Waals surface area contributed by atoms with Gasteiger partial charge in [0.2, 0.25) is 0 Å². The van der Waals surface area contributed by atoms with Gasteiger partial charge in [-0.15, -0.1) is 24.0 Å². The molecule has 0 spiro atoms. The third kappa shape index (κ3) is 5.78. The van der Waals surface area contributed by atoms with E-state index in [1.165, 1.54) is 12.1 Å². The minimum atomic E-state index is -0.228. The van der Waals surface area contributed by atoms with Crippen LogP contribution in [0.15, 0.2) is 72.0 Å². The molecule has 3 aromatic rings. The monoisotopic (exact) mass is 479 g/mol. The minimum Gasteiger partial charge on any atom is -0.352 e. The molecule has 1 heterocycles. The van der Waals surface area contributed by atoms with Crippen molar-refractivity contribution in [1.82, 2.24) is 20.0 Å². The Morgan fingerprint density at radius 3 is 2.63 bits per heavy atom. The lowest BCUT2D eigenvalue weighted by Crippen LogP contribution is -2.38. The summed E-state index contributed by atoms with van der Waals surface area (Å²) >= 11 is 0. The zero-order valence-electron chi connectivity index (χ0n) is 15.3. The third-order valence-electron chi connectivity index (χ3n) is 4.01. The van der Waals surface area contributed by atoms with Crippen LogP contribution >= 0.6 is 24.0 Å². The van der Waals surface area contributed by atoms with Crippen LogP contribution in [0.25, 0.3) is 5.69 Å². The van der Waals surface area contributed by atoms with Gasteiger partial charge in [0.1, 0.15) is 5.82 Å². The lowest BCUT2D eigenvalue weighted by atomic mass is 10.2. The SMILES string of the molecule is CN=C(NCc1cccc(-n2cccn2)c1)N(C)Cc1cccc(F)c1.I. The van der Waals surface area contributed by atoms with Gasteiger partial charge in [-0.1, -0.05) is 24.3 Å². The van der Waals surface area contributed by atoms with E-state index in [0.29, 0.717) is 13.1 Å². The summed E-state index contributed by atoms with van der Waals surface area (Å²) in [6.07, 6.45) is 3.67. The highest BCUT2D eigenvalue weighted by Crippen LogP contribution is 2.10. The molecule has 0 amide bonds. The van der Waals surface area contributed by atoms with E-state index < -0.39 is 0 Å². The van der Waals surface area contributed by atoms with Crippen molar-refractivity contribution in [1.29, 1.82) is 0 Å². The van der Waals surface area contributed by atoms with Crippen LogP contribution in [-0.2, 0) is 13.1 Å². The number of benzene rings is 2. The molecule has 0 saturated carbocycles.